The molecule has 8 fully saturated rings. The maximum absolute atomic E-state index is 4.01. The summed E-state index contributed by atoms with van der Waals surface area (Å²) in [5.41, 5.74) is 0. The second-order valence-electron chi connectivity index (χ2n) is 17.7. The largest absolute Gasteiger partial charge is 0.301 e. The minimum absolute atomic E-state index is 0.606. The van der Waals surface area contributed by atoms with E-state index in [4.69, 9.17) is 0 Å². The molecule has 0 bridgehead atoms. The van der Waals surface area contributed by atoms with Gasteiger partial charge in [-0.3, -0.25) is 9.80 Å². The van der Waals surface area contributed by atoms with E-state index in [0.717, 1.165) is 65.8 Å². The lowest BCUT2D eigenvalue weighted by atomic mass is 9.71. The van der Waals surface area contributed by atoms with E-state index >= 15 is 0 Å². The first-order valence-electron chi connectivity index (χ1n) is 20.8. The Bertz CT molecular complexity index is 856. The lowest BCUT2D eigenvalue weighted by molar-refractivity contribution is -0.00819. The van der Waals surface area contributed by atoms with E-state index in [-0.39, 0.29) is 0 Å². The topological polar surface area (TPSA) is 30.5 Å². The van der Waals surface area contributed by atoms with E-state index in [9.17, 15) is 0 Å². The Labute approximate surface area is 272 Å². The molecule has 2 heterocycles. The first-order valence-corrected chi connectivity index (χ1v) is 20.8. The Morgan fingerprint density at radius 3 is 1.64 bits per heavy atom. The highest BCUT2D eigenvalue weighted by Gasteiger charge is 2.54. The monoisotopic (exact) mass is 607 g/mol. The van der Waals surface area contributed by atoms with Crippen LogP contribution in [0.3, 0.4) is 0 Å². The molecule has 0 radical (unpaired) electrons. The summed E-state index contributed by atoms with van der Waals surface area (Å²) in [6.07, 6.45) is 39.6. The molecule has 0 aromatic heterocycles. The van der Waals surface area contributed by atoms with Crippen molar-refractivity contribution in [1.82, 2.24) is 20.4 Å². The fourth-order valence-corrected chi connectivity index (χ4v) is 13.4. The smallest absolute Gasteiger partial charge is 0.0600 e. The van der Waals surface area contributed by atoms with Crippen molar-refractivity contribution in [3.8, 4) is 0 Å². The Morgan fingerprint density at radius 1 is 0.409 bits per heavy atom. The molecule has 4 heteroatoms. The van der Waals surface area contributed by atoms with Gasteiger partial charge in [0.2, 0.25) is 0 Å². The molecule has 0 amide bonds. The molecule has 2 saturated heterocycles. The second kappa shape index (κ2) is 14.5. The highest BCUT2D eigenvalue weighted by molar-refractivity contribution is 5.08. The number of fused-ring (bicyclic) bond motifs is 3. The average molecular weight is 607 g/mol. The quantitative estimate of drug-likeness (QED) is 0.317. The van der Waals surface area contributed by atoms with Crippen molar-refractivity contribution in [1.29, 1.82) is 0 Å². The van der Waals surface area contributed by atoms with E-state index in [1.165, 1.54) is 167 Å². The van der Waals surface area contributed by atoms with Crippen LogP contribution in [0, 0.1) is 29.6 Å². The van der Waals surface area contributed by atoms with Gasteiger partial charge in [-0.25, -0.2) is 0 Å². The number of nitrogens with one attached hydrogen (secondary N) is 2. The summed E-state index contributed by atoms with van der Waals surface area (Å²) >= 11 is 0. The average Bonchev–Trinajstić information content (AvgIpc) is 3.44. The Morgan fingerprint density at radius 2 is 0.977 bits per heavy atom. The predicted molar refractivity (Wildman–Crippen MR) is 184 cm³/mol. The van der Waals surface area contributed by atoms with E-state index in [1.54, 1.807) is 12.8 Å². The normalized spacial score (nSPS) is 44.0. The van der Waals surface area contributed by atoms with Crippen LogP contribution in [0.15, 0.2) is 0 Å². The zero-order valence-electron chi connectivity index (χ0n) is 28.6. The third kappa shape index (κ3) is 6.47. The van der Waals surface area contributed by atoms with Crippen LogP contribution in [-0.2, 0) is 0 Å². The van der Waals surface area contributed by atoms with Gasteiger partial charge in [0.05, 0.1) is 6.17 Å². The van der Waals surface area contributed by atoms with Gasteiger partial charge in [0.1, 0.15) is 0 Å². The summed E-state index contributed by atoms with van der Waals surface area (Å²) in [6, 6.07) is 5.51. The van der Waals surface area contributed by atoms with Crippen LogP contribution in [0.4, 0.5) is 0 Å². The molecular formula is C40H70N4. The highest BCUT2D eigenvalue weighted by atomic mass is 15.3. The molecule has 6 saturated carbocycles. The van der Waals surface area contributed by atoms with Crippen LogP contribution in [0.5, 0.6) is 0 Å². The fraction of sp³-hybridized carbons (Fsp3) is 1.00. The van der Waals surface area contributed by atoms with E-state index in [1.807, 2.05) is 0 Å². The molecule has 8 aliphatic rings. The number of nitrogens with zero attached hydrogens (tertiary/aromatic N) is 2. The minimum atomic E-state index is 0.606. The number of hydrogen-bond acceptors (Lipinski definition) is 4. The van der Waals surface area contributed by atoms with Crippen molar-refractivity contribution in [3.63, 3.8) is 0 Å². The van der Waals surface area contributed by atoms with Crippen LogP contribution in [0.1, 0.15) is 167 Å². The number of hydrogen-bond donors (Lipinski definition) is 2. The van der Waals surface area contributed by atoms with Crippen molar-refractivity contribution >= 4 is 0 Å². The number of likely N-dealkylation sites (tertiary alicyclic amines) is 1. The van der Waals surface area contributed by atoms with Gasteiger partial charge in [0.15, 0.2) is 0 Å². The van der Waals surface area contributed by atoms with E-state index < -0.39 is 0 Å². The van der Waals surface area contributed by atoms with Gasteiger partial charge < -0.3 is 10.6 Å². The summed E-state index contributed by atoms with van der Waals surface area (Å²) in [5.74, 6) is 4.74. The zero-order chi connectivity index (χ0) is 29.3. The molecule has 2 aliphatic heterocycles. The van der Waals surface area contributed by atoms with Crippen molar-refractivity contribution in [2.75, 3.05) is 13.1 Å². The summed E-state index contributed by atoms with van der Waals surface area (Å²) < 4.78 is 0. The van der Waals surface area contributed by atoms with Gasteiger partial charge in [-0.05, 0) is 126 Å². The van der Waals surface area contributed by atoms with Crippen molar-refractivity contribution < 1.29 is 0 Å². The molecule has 2 N–H and O–H groups in total. The standard InChI is InChI=1S/C40H70N4/c1-4-12-30(13-5-1)40-41-27-31(28-42-40)29-20-22-34(23-21-29)44-38-19-11-10-18-36(38)37-26-35(24-25-39(37)44)43(32-14-6-2-7-15-32)33-16-8-3-9-17-33/h29-42H,1-28H2. The van der Waals surface area contributed by atoms with Gasteiger partial charge >= 0.3 is 0 Å². The summed E-state index contributed by atoms with van der Waals surface area (Å²) in [5, 5.41) is 8.02. The molecule has 250 valence electrons. The molecule has 6 aliphatic carbocycles. The Hall–Kier alpha value is -0.160. The minimum Gasteiger partial charge on any atom is -0.301 e. The third-order valence-electron chi connectivity index (χ3n) is 15.5. The molecule has 5 unspecified atom stereocenters. The second-order valence-corrected chi connectivity index (χ2v) is 17.7. The first kappa shape index (κ1) is 31.1. The van der Waals surface area contributed by atoms with Gasteiger partial charge in [-0.1, -0.05) is 70.6 Å². The molecule has 0 aromatic carbocycles. The van der Waals surface area contributed by atoms with Crippen molar-refractivity contribution in [3.05, 3.63) is 0 Å². The van der Waals surface area contributed by atoms with E-state index in [2.05, 4.69) is 20.4 Å². The molecule has 5 atom stereocenters. The predicted octanol–water partition coefficient (Wildman–Crippen LogP) is 8.64. The van der Waals surface area contributed by atoms with Crippen LogP contribution < -0.4 is 10.6 Å². The number of rotatable bonds is 6. The van der Waals surface area contributed by atoms with Crippen LogP contribution in [-0.4, -0.2) is 65.3 Å². The Balaban J connectivity index is 0.904. The van der Waals surface area contributed by atoms with Gasteiger partial charge in [0, 0.05) is 49.3 Å². The summed E-state index contributed by atoms with van der Waals surface area (Å²) in [6.45, 7) is 2.56. The summed E-state index contributed by atoms with van der Waals surface area (Å²) in [4.78, 5) is 6.54. The van der Waals surface area contributed by atoms with Crippen LogP contribution >= 0.6 is 0 Å². The molecule has 4 nitrogen and oxygen atoms in total. The Kier molecular flexibility index (Phi) is 10.3. The molecular weight excluding hydrogens is 536 g/mol. The van der Waals surface area contributed by atoms with E-state index in [0.29, 0.717) is 6.17 Å². The lowest BCUT2D eigenvalue weighted by Gasteiger charge is -2.50. The third-order valence-corrected chi connectivity index (χ3v) is 15.5. The fourth-order valence-electron chi connectivity index (χ4n) is 13.4. The molecule has 8 rings (SSSR count). The molecule has 0 spiro atoms. The van der Waals surface area contributed by atoms with Crippen LogP contribution in [0.25, 0.3) is 0 Å². The maximum atomic E-state index is 4.01. The molecule has 0 aromatic rings. The van der Waals surface area contributed by atoms with Gasteiger partial charge in [-0.2, -0.15) is 0 Å². The van der Waals surface area contributed by atoms with Gasteiger partial charge in [0.25, 0.3) is 0 Å². The SMILES string of the molecule is C1CCC(C2NCC(C3CCC(N4C5CCCCC5C5CC(N(C6CCCCC6)C6CCCCC6)CCC54)CC3)CN2)CC1. The van der Waals surface area contributed by atoms with Gasteiger partial charge in [-0.15, -0.1) is 0 Å². The van der Waals surface area contributed by atoms with Crippen molar-refractivity contribution in [2.24, 2.45) is 29.6 Å². The molecule has 44 heavy (non-hydrogen) atoms. The van der Waals surface area contributed by atoms with Crippen molar-refractivity contribution in [2.45, 2.75) is 209 Å². The highest BCUT2D eigenvalue weighted by Crippen LogP contribution is 2.53. The maximum Gasteiger partial charge on any atom is 0.0600 e. The first-order chi connectivity index (χ1) is 21.8. The zero-order valence-corrected chi connectivity index (χ0v) is 28.6. The lowest BCUT2D eigenvalue weighted by Crippen LogP contribution is -2.58. The van der Waals surface area contributed by atoms with Crippen LogP contribution in [0.2, 0.25) is 0 Å². The summed E-state index contributed by atoms with van der Waals surface area (Å²) in [7, 11) is 0.